The maximum absolute atomic E-state index is 16.5. The van der Waals surface area contributed by atoms with Crippen LogP contribution in [0.3, 0.4) is 0 Å². The number of aliphatic hydroxyl groups excluding tert-OH is 1. The highest BCUT2D eigenvalue weighted by Gasteiger charge is 2.28. The Bertz CT molecular complexity index is 1520. The third-order valence-corrected chi connectivity index (χ3v) is 7.88. The van der Waals surface area contributed by atoms with Crippen LogP contribution in [0.25, 0.3) is 22.2 Å². The number of fused-ring (bicyclic) bond motifs is 1. The lowest BCUT2D eigenvalue weighted by Crippen LogP contribution is -2.42. The number of nitriles is 1. The second kappa shape index (κ2) is 11.6. The number of anilines is 1. The molecule has 0 saturated carbocycles. The summed E-state index contributed by atoms with van der Waals surface area (Å²) in [5.74, 6) is -1.57. The first-order valence-corrected chi connectivity index (χ1v) is 13.7. The van der Waals surface area contributed by atoms with Gasteiger partial charge in [0.25, 0.3) is 0 Å². The van der Waals surface area contributed by atoms with E-state index in [0.29, 0.717) is 37.4 Å². The van der Waals surface area contributed by atoms with Crippen molar-refractivity contribution in [3.63, 3.8) is 0 Å². The molecule has 2 aliphatic heterocycles. The molecule has 0 spiro atoms. The van der Waals surface area contributed by atoms with Gasteiger partial charge >= 0.3 is 0 Å². The highest BCUT2D eigenvalue weighted by Crippen LogP contribution is 2.32. The number of aliphatic hydroxyl groups is 1. The first kappa shape index (κ1) is 28.1. The molecule has 2 saturated heterocycles. The smallest absolute Gasteiger partial charge is 0.223 e. The monoisotopic (exact) mass is 552 g/mol. The maximum atomic E-state index is 16.5. The number of hydrogen-bond acceptors (Lipinski definition) is 8. The molecule has 212 valence electrons. The Labute approximate surface area is 231 Å². The van der Waals surface area contributed by atoms with Crippen molar-refractivity contribution in [1.29, 1.82) is 5.26 Å². The van der Waals surface area contributed by atoms with Crippen LogP contribution >= 0.6 is 0 Å². The number of nitrogens with zero attached hydrogens (tertiary/aromatic N) is 5. The van der Waals surface area contributed by atoms with E-state index in [1.165, 1.54) is 12.1 Å². The van der Waals surface area contributed by atoms with Crippen LogP contribution in [0.4, 0.5) is 14.7 Å². The number of likely N-dealkylation sites (tertiary alicyclic amines) is 1. The van der Waals surface area contributed by atoms with Gasteiger partial charge in [-0.15, -0.1) is 0 Å². The van der Waals surface area contributed by atoms with Gasteiger partial charge in [-0.05, 0) is 58.7 Å². The predicted molar refractivity (Wildman–Crippen MR) is 147 cm³/mol. The van der Waals surface area contributed by atoms with Crippen LogP contribution in [0.2, 0.25) is 0 Å². The Hall–Kier alpha value is -3.46. The minimum absolute atomic E-state index is 0.0600. The summed E-state index contributed by atoms with van der Waals surface area (Å²) < 4.78 is 38.6. The van der Waals surface area contributed by atoms with Crippen LogP contribution in [0, 0.1) is 35.8 Å². The Balaban J connectivity index is 1.61. The maximum Gasteiger partial charge on any atom is 0.223 e. The Morgan fingerprint density at radius 3 is 2.83 bits per heavy atom. The third kappa shape index (κ3) is 5.31. The molecule has 3 atom stereocenters. The van der Waals surface area contributed by atoms with Crippen molar-refractivity contribution in [3.05, 3.63) is 51.4 Å². The van der Waals surface area contributed by atoms with Gasteiger partial charge in [-0.25, -0.2) is 18.7 Å². The van der Waals surface area contributed by atoms with E-state index in [4.69, 9.17) is 4.74 Å². The third-order valence-electron chi connectivity index (χ3n) is 7.88. The molecule has 11 heteroatoms. The fraction of sp³-hybridized carbons (Fsp3) is 0.517. The number of ether oxygens (including phenoxy) is 1. The van der Waals surface area contributed by atoms with Crippen molar-refractivity contribution >= 4 is 16.9 Å². The minimum atomic E-state index is -0.807. The molecule has 2 aromatic heterocycles. The molecule has 40 heavy (non-hydrogen) atoms. The molecule has 5 rings (SSSR count). The van der Waals surface area contributed by atoms with Gasteiger partial charge in [0.05, 0.1) is 42.5 Å². The average molecular weight is 553 g/mol. The van der Waals surface area contributed by atoms with Crippen LogP contribution in [0.15, 0.2) is 23.1 Å². The van der Waals surface area contributed by atoms with Gasteiger partial charge in [0.2, 0.25) is 5.95 Å². The summed E-state index contributed by atoms with van der Waals surface area (Å²) >= 11 is 0. The standard InChI is InChI=1S/C29H34F2N6O3/c1-16(2)37-23(14-36-9-4-5-18(11-32)13-36)17(3)28(39)20-7-6-19(25(31)27(20)37)26-21(30)12-33-29(35-26)34-22-8-10-40-15-24(22)38/h6-7,12,16,18,22,24,38H,4-5,8-10,13-15H2,1-3H3,(H,33,34,35)/t18-,22-,24-/m1/s1. The lowest BCUT2D eigenvalue weighted by Gasteiger charge is -2.32. The van der Waals surface area contributed by atoms with Crippen molar-refractivity contribution in [2.24, 2.45) is 5.92 Å². The van der Waals surface area contributed by atoms with Gasteiger partial charge in [0, 0.05) is 47.9 Å². The van der Waals surface area contributed by atoms with Gasteiger partial charge in [-0.1, -0.05) is 0 Å². The lowest BCUT2D eigenvalue weighted by molar-refractivity contribution is -0.0136. The van der Waals surface area contributed by atoms with Crippen molar-refractivity contribution in [3.8, 4) is 17.3 Å². The number of pyridine rings is 1. The van der Waals surface area contributed by atoms with Gasteiger partial charge in [0.1, 0.15) is 5.69 Å². The van der Waals surface area contributed by atoms with Crippen molar-refractivity contribution in [2.45, 2.75) is 64.8 Å². The average Bonchev–Trinajstić information content (AvgIpc) is 2.94. The molecule has 2 N–H and O–H groups in total. The van der Waals surface area contributed by atoms with E-state index in [-0.39, 0.29) is 58.1 Å². The molecule has 2 fully saturated rings. The van der Waals surface area contributed by atoms with Crippen molar-refractivity contribution < 1.29 is 18.6 Å². The number of halogens is 2. The number of benzene rings is 1. The number of piperidine rings is 1. The van der Waals surface area contributed by atoms with E-state index in [9.17, 15) is 15.2 Å². The van der Waals surface area contributed by atoms with E-state index in [0.717, 1.165) is 25.6 Å². The van der Waals surface area contributed by atoms with Gasteiger partial charge in [-0.3, -0.25) is 9.69 Å². The summed E-state index contributed by atoms with van der Waals surface area (Å²) in [7, 11) is 0. The fourth-order valence-electron chi connectivity index (χ4n) is 5.78. The van der Waals surface area contributed by atoms with E-state index in [1.807, 2.05) is 18.4 Å². The number of hydrogen-bond donors (Lipinski definition) is 2. The molecule has 0 unspecified atom stereocenters. The van der Waals surface area contributed by atoms with Crippen LogP contribution < -0.4 is 10.7 Å². The highest BCUT2D eigenvalue weighted by molar-refractivity contribution is 5.86. The highest BCUT2D eigenvalue weighted by atomic mass is 19.1. The van der Waals surface area contributed by atoms with Crippen LogP contribution in [-0.2, 0) is 11.3 Å². The molecule has 4 heterocycles. The summed E-state index contributed by atoms with van der Waals surface area (Å²) in [5, 5.41) is 22.9. The van der Waals surface area contributed by atoms with Crippen molar-refractivity contribution in [1.82, 2.24) is 19.4 Å². The molecular formula is C29H34F2N6O3. The summed E-state index contributed by atoms with van der Waals surface area (Å²) in [6.45, 7) is 7.97. The van der Waals surface area contributed by atoms with E-state index >= 15 is 8.78 Å². The SMILES string of the molecule is Cc1c(CN2CCC[C@H](C#N)C2)n(C(C)C)c2c(F)c(-c3nc(N[C@@H]4CCOC[C@H]4O)ncc3F)ccc2c1=O. The number of aromatic nitrogens is 3. The zero-order chi connectivity index (χ0) is 28.6. The topological polar surface area (TPSA) is 116 Å². The Morgan fingerprint density at radius 1 is 1.30 bits per heavy atom. The molecule has 0 bridgehead atoms. The molecule has 3 aromatic rings. The molecule has 0 radical (unpaired) electrons. The summed E-state index contributed by atoms with van der Waals surface area (Å²) in [5.41, 5.74) is 0.702. The van der Waals surface area contributed by atoms with E-state index in [2.05, 4.69) is 26.3 Å². The van der Waals surface area contributed by atoms with Crippen molar-refractivity contribution in [2.75, 3.05) is 31.6 Å². The molecule has 2 aliphatic rings. The van der Waals surface area contributed by atoms with Gasteiger partial charge in [0.15, 0.2) is 17.1 Å². The number of nitrogens with one attached hydrogen (secondary N) is 1. The second-order valence-corrected chi connectivity index (χ2v) is 11.0. The predicted octanol–water partition coefficient (Wildman–Crippen LogP) is 3.92. The number of rotatable bonds is 6. The van der Waals surface area contributed by atoms with Crippen LogP contribution in [0.1, 0.15) is 50.4 Å². The zero-order valence-electron chi connectivity index (χ0n) is 23.0. The molecule has 0 aliphatic carbocycles. The molecule has 0 amide bonds. The fourth-order valence-corrected chi connectivity index (χ4v) is 5.78. The summed E-state index contributed by atoms with van der Waals surface area (Å²) in [6, 6.07) is 4.65. The zero-order valence-corrected chi connectivity index (χ0v) is 23.0. The first-order chi connectivity index (χ1) is 19.2. The normalized spacial score (nSPS) is 22.0. The van der Waals surface area contributed by atoms with Gasteiger partial charge < -0.3 is 19.7 Å². The Kier molecular flexibility index (Phi) is 8.12. The van der Waals surface area contributed by atoms with Gasteiger partial charge in [-0.2, -0.15) is 5.26 Å². The quantitative estimate of drug-likeness (QED) is 0.473. The van der Waals surface area contributed by atoms with E-state index < -0.39 is 17.7 Å². The van der Waals surface area contributed by atoms with Crippen LogP contribution in [-0.4, -0.2) is 63.0 Å². The molecular weight excluding hydrogens is 518 g/mol. The lowest BCUT2D eigenvalue weighted by atomic mass is 9.98. The summed E-state index contributed by atoms with van der Waals surface area (Å²) in [4.78, 5) is 23.9. The first-order valence-electron chi connectivity index (χ1n) is 13.7. The minimum Gasteiger partial charge on any atom is -0.389 e. The van der Waals surface area contributed by atoms with E-state index in [1.54, 1.807) is 6.92 Å². The molecule has 1 aromatic carbocycles. The summed E-state index contributed by atoms with van der Waals surface area (Å²) in [6.07, 6.45) is 2.42. The van der Waals surface area contributed by atoms with Crippen LogP contribution in [0.5, 0.6) is 0 Å². The largest absolute Gasteiger partial charge is 0.389 e. The Morgan fingerprint density at radius 2 is 2.10 bits per heavy atom. The second-order valence-electron chi connectivity index (χ2n) is 11.0. The molecule has 9 nitrogen and oxygen atoms in total.